The number of hydrogen-bond donors (Lipinski definition) is 1. The molecule has 0 aliphatic heterocycles. The Hall–Kier alpha value is -1.02. The minimum absolute atomic E-state index is 0.0326. The Morgan fingerprint density at radius 2 is 2.13 bits per heavy atom. The lowest BCUT2D eigenvalue weighted by atomic mass is 10.1. The van der Waals surface area contributed by atoms with E-state index in [2.05, 4.69) is 11.9 Å². The highest BCUT2D eigenvalue weighted by atomic mass is 35.5. The molecule has 0 spiro atoms. The van der Waals surface area contributed by atoms with Gasteiger partial charge >= 0.3 is 0 Å². The van der Waals surface area contributed by atoms with Gasteiger partial charge in [-0.3, -0.25) is 4.99 Å². The summed E-state index contributed by atoms with van der Waals surface area (Å²) in [6, 6.07) is 7.76. The first kappa shape index (κ1) is 12.1. The Bertz CT molecular complexity index is 347. The van der Waals surface area contributed by atoms with Crippen LogP contribution in [-0.4, -0.2) is 5.84 Å². The van der Waals surface area contributed by atoms with Crippen LogP contribution in [0.15, 0.2) is 29.3 Å². The van der Waals surface area contributed by atoms with Crippen LogP contribution in [0.5, 0.6) is 0 Å². The summed E-state index contributed by atoms with van der Waals surface area (Å²) in [5.41, 5.74) is 6.81. The van der Waals surface area contributed by atoms with Crippen molar-refractivity contribution in [1.29, 1.82) is 0 Å². The minimum Gasteiger partial charge on any atom is -0.387 e. The lowest BCUT2D eigenvalue weighted by Gasteiger charge is -2.10. The van der Waals surface area contributed by atoms with Gasteiger partial charge in [0.05, 0.1) is 11.9 Å². The van der Waals surface area contributed by atoms with Gasteiger partial charge in [0.15, 0.2) is 0 Å². The summed E-state index contributed by atoms with van der Waals surface area (Å²) in [6.45, 7) is 4.09. The number of nitrogens with two attached hydrogens (primary N) is 1. The van der Waals surface area contributed by atoms with E-state index in [1.165, 1.54) is 0 Å². The molecule has 0 amide bonds. The van der Waals surface area contributed by atoms with Gasteiger partial charge in [0, 0.05) is 11.4 Å². The van der Waals surface area contributed by atoms with E-state index < -0.39 is 0 Å². The quantitative estimate of drug-likeness (QED) is 0.617. The average molecular weight is 225 g/mol. The van der Waals surface area contributed by atoms with Crippen LogP contribution in [0.3, 0.4) is 0 Å². The summed E-state index contributed by atoms with van der Waals surface area (Å²) in [6.07, 6.45) is 1.86. The lowest BCUT2D eigenvalue weighted by Crippen LogP contribution is -2.12. The number of hydrogen-bond acceptors (Lipinski definition) is 1. The van der Waals surface area contributed by atoms with Crippen molar-refractivity contribution in [3.63, 3.8) is 0 Å². The van der Waals surface area contributed by atoms with E-state index in [1.54, 1.807) is 0 Å². The molecule has 1 unspecified atom stereocenters. The summed E-state index contributed by atoms with van der Waals surface area (Å²) in [4.78, 5) is 4.41. The Morgan fingerprint density at radius 3 is 2.73 bits per heavy atom. The summed E-state index contributed by atoms with van der Waals surface area (Å²) in [5, 5.41) is 0.748. The van der Waals surface area contributed by atoms with Crippen LogP contribution in [0, 0.1) is 0 Å². The fraction of sp³-hybridized carbons (Fsp3) is 0.417. The average Bonchev–Trinajstić information content (AvgIpc) is 2.18. The number of benzene rings is 1. The van der Waals surface area contributed by atoms with Gasteiger partial charge in [-0.2, -0.15) is 0 Å². The smallest absolute Gasteiger partial charge is 0.0944 e. The molecule has 0 aliphatic carbocycles. The summed E-state index contributed by atoms with van der Waals surface area (Å²) in [5.74, 6) is 0.699. The van der Waals surface area contributed by atoms with Crippen molar-refractivity contribution in [2.75, 3.05) is 0 Å². The topological polar surface area (TPSA) is 38.4 Å². The zero-order valence-corrected chi connectivity index (χ0v) is 9.96. The van der Waals surface area contributed by atoms with Crippen LogP contribution in [0.4, 0.5) is 0 Å². The second kappa shape index (κ2) is 5.76. The highest BCUT2D eigenvalue weighted by Crippen LogP contribution is 2.24. The largest absolute Gasteiger partial charge is 0.387 e. The number of nitrogens with zero attached hydrogens (tertiary/aromatic N) is 1. The van der Waals surface area contributed by atoms with Gasteiger partial charge in [-0.25, -0.2) is 0 Å². The molecule has 0 bridgehead atoms. The van der Waals surface area contributed by atoms with Crippen molar-refractivity contribution in [1.82, 2.24) is 0 Å². The van der Waals surface area contributed by atoms with Crippen molar-refractivity contribution >= 4 is 17.4 Å². The molecule has 0 radical (unpaired) electrons. The van der Waals surface area contributed by atoms with Crippen LogP contribution in [0.2, 0.25) is 5.02 Å². The lowest BCUT2D eigenvalue weighted by molar-refractivity contribution is 0.806. The number of rotatable bonds is 4. The SMILES string of the molecule is CCCC(N)=NC(C)c1ccccc1Cl. The molecule has 0 aliphatic rings. The molecule has 0 heterocycles. The predicted molar refractivity (Wildman–Crippen MR) is 66.4 cm³/mol. The van der Waals surface area contributed by atoms with Crippen molar-refractivity contribution in [3.05, 3.63) is 34.9 Å². The van der Waals surface area contributed by atoms with Crippen molar-refractivity contribution in [2.45, 2.75) is 32.7 Å². The second-order valence-corrected chi connectivity index (χ2v) is 3.98. The third-order valence-corrected chi connectivity index (χ3v) is 2.57. The highest BCUT2D eigenvalue weighted by molar-refractivity contribution is 6.31. The monoisotopic (exact) mass is 224 g/mol. The van der Waals surface area contributed by atoms with Gasteiger partial charge in [0.2, 0.25) is 0 Å². The van der Waals surface area contributed by atoms with Crippen molar-refractivity contribution in [2.24, 2.45) is 10.7 Å². The van der Waals surface area contributed by atoms with Gasteiger partial charge in [0.1, 0.15) is 0 Å². The summed E-state index contributed by atoms with van der Waals surface area (Å²) in [7, 11) is 0. The number of halogens is 1. The Morgan fingerprint density at radius 1 is 1.47 bits per heavy atom. The molecule has 0 aromatic heterocycles. The summed E-state index contributed by atoms with van der Waals surface area (Å²) < 4.78 is 0. The first-order valence-electron chi connectivity index (χ1n) is 5.21. The van der Waals surface area contributed by atoms with Crippen molar-refractivity contribution < 1.29 is 0 Å². The first-order chi connectivity index (χ1) is 7.15. The first-order valence-corrected chi connectivity index (χ1v) is 5.59. The molecular formula is C12H17ClN2. The molecule has 1 atom stereocenters. The predicted octanol–water partition coefficient (Wildman–Crippen LogP) is 3.56. The molecular weight excluding hydrogens is 208 g/mol. The fourth-order valence-electron chi connectivity index (χ4n) is 1.45. The standard InChI is InChI=1S/C12H17ClN2/c1-3-6-12(14)15-9(2)10-7-4-5-8-11(10)13/h4-5,7-9H,3,6H2,1-2H3,(H2,14,15). The zero-order valence-electron chi connectivity index (χ0n) is 9.20. The maximum absolute atomic E-state index is 6.07. The fourth-order valence-corrected chi connectivity index (χ4v) is 1.75. The molecule has 0 saturated heterocycles. The van der Waals surface area contributed by atoms with Gasteiger partial charge in [-0.05, 0) is 25.0 Å². The van der Waals surface area contributed by atoms with Crippen LogP contribution in [0.25, 0.3) is 0 Å². The van der Waals surface area contributed by atoms with Crippen LogP contribution in [0.1, 0.15) is 38.3 Å². The molecule has 2 nitrogen and oxygen atoms in total. The maximum atomic E-state index is 6.07. The molecule has 2 N–H and O–H groups in total. The van der Waals surface area contributed by atoms with E-state index in [4.69, 9.17) is 17.3 Å². The van der Waals surface area contributed by atoms with Crippen molar-refractivity contribution in [3.8, 4) is 0 Å². The Kier molecular flexibility index (Phi) is 4.63. The molecule has 82 valence electrons. The van der Waals surface area contributed by atoms with E-state index in [9.17, 15) is 0 Å². The number of aliphatic imine (C=N–C) groups is 1. The number of amidine groups is 1. The van der Waals surface area contributed by atoms with Gasteiger partial charge in [-0.15, -0.1) is 0 Å². The van der Waals surface area contributed by atoms with Gasteiger partial charge in [-0.1, -0.05) is 36.7 Å². The maximum Gasteiger partial charge on any atom is 0.0944 e. The summed E-state index contributed by atoms with van der Waals surface area (Å²) >= 11 is 6.07. The molecule has 3 heteroatoms. The Labute approximate surface area is 96.2 Å². The molecule has 15 heavy (non-hydrogen) atoms. The highest BCUT2D eigenvalue weighted by Gasteiger charge is 2.07. The molecule has 1 aromatic rings. The van der Waals surface area contributed by atoms with E-state index >= 15 is 0 Å². The van der Waals surface area contributed by atoms with Gasteiger partial charge < -0.3 is 5.73 Å². The van der Waals surface area contributed by atoms with E-state index in [0.717, 1.165) is 23.4 Å². The molecule has 1 aromatic carbocycles. The molecule has 0 saturated carbocycles. The van der Waals surface area contributed by atoms with E-state index in [0.29, 0.717) is 5.84 Å². The van der Waals surface area contributed by atoms with Gasteiger partial charge in [0.25, 0.3) is 0 Å². The second-order valence-electron chi connectivity index (χ2n) is 3.57. The van der Waals surface area contributed by atoms with E-state index in [1.807, 2.05) is 31.2 Å². The third kappa shape index (κ3) is 3.56. The van der Waals surface area contributed by atoms with Crippen LogP contribution in [-0.2, 0) is 0 Å². The Balaban J connectivity index is 2.81. The van der Waals surface area contributed by atoms with Crippen LogP contribution >= 0.6 is 11.6 Å². The van der Waals surface area contributed by atoms with E-state index in [-0.39, 0.29) is 6.04 Å². The molecule has 1 rings (SSSR count). The zero-order chi connectivity index (χ0) is 11.3. The molecule has 0 fully saturated rings. The minimum atomic E-state index is 0.0326. The van der Waals surface area contributed by atoms with Crippen LogP contribution < -0.4 is 5.73 Å². The normalized spacial score (nSPS) is 13.9. The third-order valence-electron chi connectivity index (χ3n) is 2.22.